The Hall–Kier alpha value is -3.42. The molecule has 5 rings (SSSR count). The van der Waals surface area contributed by atoms with Crippen LogP contribution in [0, 0.1) is 6.92 Å². The van der Waals surface area contributed by atoms with Gasteiger partial charge in [0, 0.05) is 5.92 Å². The molecule has 0 aliphatic carbocycles. The van der Waals surface area contributed by atoms with Gasteiger partial charge >= 0.3 is 5.97 Å². The second kappa shape index (κ2) is 8.74. The van der Waals surface area contributed by atoms with Gasteiger partial charge in [0.15, 0.2) is 0 Å². The molecule has 34 heavy (non-hydrogen) atoms. The molecule has 6 nitrogen and oxygen atoms in total. The van der Waals surface area contributed by atoms with Crippen molar-refractivity contribution in [3.63, 3.8) is 0 Å². The van der Waals surface area contributed by atoms with Crippen LogP contribution >= 0.6 is 11.8 Å². The number of methoxy groups -OCH3 is 1. The molecule has 2 saturated heterocycles. The lowest BCUT2D eigenvalue weighted by Gasteiger charge is -2.33. The Bertz CT molecular complexity index is 1250. The molecule has 1 N–H and O–H groups in total. The molecule has 2 heterocycles. The Kier molecular flexibility index (Phi) is 5.75. The molecular formula is C27H24N2O4S. The molecular weight excluding hydrogens is 448 g/mol. The summed E-state index contributed by atoms with van der Waals surface area (Å²) < 4.78 is 3.88. The third kappa shape index (κ3) is 3.35. The fourth-order valence-corrected chi connectivity index (χ4v) is 6.62. The molecule has 1 spiro atoms. The Morgan fingerprint density at radius 3 is 2.21 bits per heavy atom. The predicted molar refractivity (Wildman–Crippen MR) is 132 cm³/mol. The van der Waals surface area contributed by atoms with Crippen LogP contribution < -0.4 is 10.2 Å². The van der Waals surface area contributed by atoms with E-state index in [4.69, 9.17) is 4.74 Å². The molecule has 2 fully saturated rings. The number of aryl methyl sites for hydroxylation is 1. The summed E-state index contributed by atoms with van der Waals surface area (Å²) in [5.74, 6) is -1.43. The number of amides is 2. The molecule has 0 unspecified atom stereocenters. The molecule has 0 aromatic heterocycles. The second-order valence-electron chi connectivity index (χ2n) is 8.48. The number of esters is 1. The van der Waals surface area contributed by atoms with Crippen molar-refractivity contribution < 1.29 is 19.1 Å². The van der Waals surface area contributed by atoms with Crippen LogP contribution in [0.1, 0.15) is 28.7 Å². The minimum absolute atomic E-state index is 0.338. The average Bonchev–Trinajstić information content (AvgIpc) is 3.33. The van der Waals surface area contributed by atoms with Gasteiger partial charge in [-0.1, -0.05) is 72.8 Å². The second-order valence-corrected chi connectivity index (χ2v) is 9.71. The summed E-state index contributed by atoms with van der Waals surface area (Å²) in [6.07, 6.45) is 0. The fraction of sp³-hybridized carbons (Fsp3) is 0.222. The first-order valence-electron chi connectivity index (χ1n) is 11.1. The van der Waals surface area contributed by atoms with E-state index in [9.17, 15) is 14.4 Å². The maximum atomic E-state index is 14.4. The first kappa shape index (κ1) is 22.4. The van der Waals surface area contributed by atoms with Crippen LogP contribution in [0.4, 0.5) is 10.5 Å². The van der Waals surface area contributed by atoms with Crippen LogP contribution in [0.2, 0.25) is 0 Å². The lowest BCUT2D eigenvalue weighted by molar-refractivity contribution is -0.143. The van der Waals surface area contributed by atoms with E-state index in [1.807, 2.05) is 67.6 Å². The molecule has 7 heteroatoms. The maximum absolute atomic E-state index is 14.4. The number of hydrogen-bond acceptors (Lipinski definition) is 6. The number of carbonyl (C=O) groups is 3. The number of nitrogens with zero attached hydrogens (tertiary/aromatic N) is 1. The number of para-hydroxylation sites is 1. The number of carbonyl (C=O) groups excluding carboxylic acids is 3. The molecule has 2 aliphatic rings. The number of ether oxygens (including phenoxy) is 1. The normalized spacial score (nSPS) is 26.3. The Balaban J connectivity index is 1.75. The molecule has 2 aliphatic heterocycles. The third-order valence-electron chi connectivity index (χ3n) is 6.67. The highest BCUT2D eigenvalue weighted by Gasteiger charge is 2.69. The number of imide groups is 1. The van der Waals surface area contributed by atoms with Crippen LogP contribution in [0.25, 0.3) is 0 Å². The van der Waals surface area contributed by atoms with Gasteiger partial charge < -0.3 is 4.74 Å². The van der Waals surface area contributed by atoms with Crippen LogP contribution in [0.5, 0.6) is 0 Å². The highest BCUT2D eigenvalue weighted by molar-refractivity contribution is 8.16. The van der Waals surface area contributed by atoms with Crippen molar-refractivity contribution in [1.82, 2.24) is 5.32 Å². The topological polar surface area (TPSA) is 75.7 Å². The number of nitrogens with one attached hydrogen (secondary N) is 1. The van der Waals surface area contributed by atoms with Gasteiger partial charge in [0.2, 0.25) is 0 Å². The average molecular weight is 473 g/mol. The first-order chi connectivity index (χ1) is 16.5. The van der Waals surface area contributed by atoms with E-state index >= 15 is 0 Å². The highest BCUT2D eigenvalue weighted by Crippen LogP contribution is 2.60. The lowest BCUT2D eigenvalue weighted by Crippen LogP contribution is -2.47. The van der Waals surface area contributed by atoms with Crippen molar-refractivity contribution in [1.29, 1.82) is 0 Å². The molecule has 4 atom stereocenters. The minimum atomic E-state index is -1.28. The van der Waals surface area contributed by atoms with E-state index in [-0.39, 0.29) is 11.1 Å². The molecule has 3 aromatic carbocycles. The zero-order valence-electron chi connectivity index (χ0n) is 18.8. The number of thioether (sulfide) groups is 1. The monoisotopic (exact) mass is 472 g/mol. The maximum Gasteiger partial charge on any atom is 0.323 e. The number of hydrogen-bond donors (Lipinski definition) is 1. The largest absolute Gasteiger partial charge is 0.468 e. The van der Waals surface area contributed by atoms with Crippen molar-refractivity contribution in [3.8, 4) is 0 Å². The Labute approximate surface area is 202 Å². The van der Waals surface area contributed by atoms with Crippen molar-refractivity contribution >= 4 is 34.6 Å². The summed E-state index contributed by atoms with van der Waals surface area (Å²) in [5, 5.41) is 3.05. The van der Waals surface area contributed by atoms with Gasteiger partial charge in [-0.05, 0) is 47.5 Å². The summed E-state index contributed by atoms with van der Waals surface area (Å²) in [5.41, 5.74) is 3.15. The fourth-order valence-electron chi connectivity index (χ4n) is 5.16. The minimum Gasteiger partial charge on any atom is -0.468 e. The van der Waals surface area contributed by atoms with E-state index in [1.54, 1.807) is 24.3 Å². The smallest absolute Gasteiger partial charge is 0.323 e. The number of rotatable bonds is 4. The molecule has 2 amide bonds. The zero-order chi connectivity index (χ0) is 23.9. The van der Waals surface area contributed by atoms with Gasteiger partial charge in [-0.2, -0.15) is 0 Å². The van der Waals surface area contributed by atoms with Crippen molar-refractivity contribution in [2.45, 2.75) is 29.7 Å². The third-order valence-corrected chi connectivity index (χ3v) is 8.03. The van der Waals surface area contributed by atoms with Gasteiger partial charge in [-0.15, -0.1) is 0 Å². The van der Waals surface area contributed by atoms with Gasteiger partial charge in [0.25, 0.3) is 11.1 Å². The van der Waals surface area contributed by atoms with Crippen LogP contribution in [-0.2, 0) is 14.3 Å². The Morgan fingerprint density at radius 1 is 0.941 bits per heavy atom. The molecule has 172 valence electrons. The van der Waals surface area contributed by atoms with E-state index in [2.05, 4.69) is 5.32 Å². The van der Waals surface area contributed by atoms with Gasteiger partial charge in [-0.3, -0.25) is 19.7 Å². The summed E-state index contributed by atoms with van der Waals surface area (Å²) in [4.78, 5) is 42.1. The summed E-state index contributed by atoms with van der Waals surface area (Å²) in [6.45, 7) is 1.97. The predicted octanol–water partition coefficient (Wildman–Crippen LogP) is 4.60. The zero-order valence-corrected chi connectivity index (χ0v) is 19.6. The van der Waals surface area contributed by atoms with Crippen LogP contribution in [-0.4, -0.2) is 35.0 Å². The van der Waals surface area contributed by atoms with Crippen molar-refractivity contribution in [2.24, 2.45) is 0 Å². The lowest BCUT2D eigenvalue weighted by atomic mass is 9.77. The molecule has 0 radical (unpaired) electrons. The summed E-state index contributed by atoms with van der Waals surface area (Å²) in [6, 6.07) is 24.7. The Morgan fingerprint density at radius 2 is 1.56 bits per heavy atom. The highest BCUT2D eigenvalue weighted by atomic mass is 32.2. The van der Waals surface area contributed by atoms with E-state index < -0.39 is 28.7 Å². The van der Waals surface area contributed by atoms with Crippen LogP contribution in [0.3, 0.4) is 0 Å². The summed E-state index contributed by atoms with van der Waals surface area (Å²) in [7, 11) is 1.34. The molecule has 3 aromatic rings. The van der Waals surface area contributed by atoms with Crippen molar-refractivity contribution in [2.75, 3.05) is 12.0 Å². The van der Waals surface area contributed by atoms with Gasteiger partial charge in [0.1, 0.15) is 10.8 Å². The SMILES string of the molecule is COC(=O)[C@@H]1N[C@H](c2ccccc2C)[C@@]2(SC(=O)N(c3ccccc3)C2=O)[C@H]1c1ccccc1. The molecule has 0 saturated carbocycles. The summed E-state index contributed by atoms with van der Waals surface area (Å²) >= 11 is 1.000. The van der Waals surface area contributed by atoms with E-state index in [0.29, 0.717) is 5.69 Å². The van der Waals surface area contributed by atoms with Gasteiger partial charge in [-0.25, -0.2) is 4.90 Å². The quantitative estimate of drug-likeness (QED) is 0.559. The van der Waals surface area contributed by atoms with Gasteiger partial charge in [0.05, 0.1) is 18.8 Å². The van der Waals surface area contributed by atoms with E-state index in [0.717, 1.165) is 28.5 Å². The van der Waals surface area contributed by atoms with Crippen LogP contribution in [0.15, 0.2) is 84.9 Å². The van der Waals surface area contributed by atoms with E-state index in [1.165, 1.54) is 12.0 Å². The first-order valence-corrected chi connectivity index (χ1v) is 11.9. The molecule has 0 bridgehead atoms. The number of benzene rings is 3. The van der Waals surface area contributed by atoms with Crippen molar-refractivity contribution in [3.05, 3.63) is 102 Å². The standard InChI is InChI=1S/C27H24N2O4S/c1-17-11-9-10-16-20(17)23-27(25(31)29(26(32)34-27)19-14-7-4-8-15-19)21(18-12-5-3-6-13-18)22(28-23)24(30)33-2/h3-16,21-23,28H,1-2H3/t21-,22+,23+,27-/m0/s1. The number of anilines is 1.